The molecule has 2 aromatic carbocycles. The fraction of sp³-hybridized carbons (Fsp3) is 0.208. The van der Waals surface area contributed by atoms with Gasteiger partial charge in [0.15, 0.2) is 0 Å². The van der Waals surface area contributed by atoms with Gasteiger partial charge in [-0.1, -0.05) is 42.5 Å². The van der Waals surface area contributed by atoms with Gasteiger partial charge in [0.25, 0.3) is 5.91 Å². The van der Waals surface area contributed by atoms with E-state index in [1.807, 2.05) is 37.3 Å². The van der Waals surface area contributed by atoms with Gasteiger partial charge in [0.2, 0.25) is 0 Å². The van der Waals surface area contributed by atoms with E-state index in [2.05, 4.69) is 0 Å². The Morgan fingerprint density at radius 2 is 1.53 bits per heavy atom. The Labute approximate surface area is 175 Å². The molecule has 30 heavy (non-hydrogen) atoms. The van der Waals surface area contributed by atoms with Crippen molar-refractivity contribution < 1.29 is 23.9 Å². The molecule has 1 atom stereocenters. The van der Waals surface area contributed by atoms with Crippen LogP contribution in [0.25, 0.3) is 6.08 Å². The molecule has 0 unspecified atom stereocenters. The molecule has 0 saturated heterocycles. The van der Waals surface area contributed by atoms with Gasteiger partial charge in [0, 0.05) is 5.70 Å². The fourth-order valence-corrected chi connectivity index (χ4v) is 3.54. The Morgan fingerprint density at radius 3 is 2.10 bits per heavy atom. The lowest BCUT2D eigenvalue weighted by Gasteiger charge is -2.26. The van der Waals surface area contributed by atoms with E-state index in [0.717, 1.165) is 5.56 Å². The van der Waals surface area contributed by atoms with Crippen LogP contribution in [0.5, 0.6) is 0 Å². The minimum Gasteiger partial charge on any atom is -0.465 e. The van der Waals surface area contributed by atoms with Crippen LogP contribution in [0.15, 0.2) is 71.4 Å². The molecule has 3 rings (SSSR count). The molecule has 0 radical (unpaired) electrons. The largest absolute Gasteiger partial charge is 0.465 e. The number of benzene rings is 2. The summed E-state index contributed by atoms with van der Waals surface area (Å²) in [5.74, 6) is -1.29. The summed E-state index contributed by atoms with van der Waals surface area (Å²) < 4.78 is 9.64. The first kappa shape index (κ1) is 21.0. The van der Waals surface area contributed by atoms with Crippen molar-refractivity contribution in [2.24, 2.45) is 0 Å². The zero-order chi connectivity index (χ0) is 21.8. The number of methoxy groups -OCH3 is 2. The van der Waals surface area contributed by atoms with Crippen molar-refractivity contribution in [3.8, 4) is 0 Å². The van der Waals surface area contributed by atoms with Gasteiger partial charge in [0.05, 0.1) is 37.0 Å². The lowest BCUT2D eigenvalue weighted by molar-refractivity contribution is -0.136. The molecule has 0 spiro atoms. The average molecular weight is 405 g/mol. The van der Waals surface area contributed by atoms with Gasteiger partial charge in [-0.3, -0.25) is 4.79 Å². The number of ether oxygens (including phenoxy) is 2. The number of amides is 1. The van der Waals surface area contributed by atoms with E-state index >= 15 is 0 Å². The van der Waals surface area contributed by atoms with Crippen LogP contribution in [0.2, 0.25) is 0 Å². The third-order valence-corrected chi connectivity index (χ3v) is 5.14. The van der Waals surface area contributed by atoms with Crippen molar-refractivity contribution in [1.82, 2.24) is 4.90 Å². The number of allylic oxidation sites excluding steroid dienone is 1. The smallest absolute Gasteiger partial charge is 0.340 e. The molecule has 6 nitrogen and oxygen atoms in total. The van der Waals surface area contributed by atoms with Crippen molar-refractivity contribution in [2.75, 3.05) is 14.2 Å². The first-order valence-electron chi connectivity index (χ1n) is 9.47. The van der Waals surface area contributed by atoms with Gasteiger partial charge >= 0.3 is 11.9 Å². The van der Waals surface area contributed by atoms with Crippen LogP contribution in [0, 0.1) is 0 Å². The molecule has 1 aliphatic rings. The summed E-state index contributed by atoms with van der Waals surface area (Å²) in [5, 5.41) is 0. The second kappa shape index (κ2) is 8.78. The van der Waals surface area contributed by atoms with Crippen LogP contribution in [0.4, 0.5) is 0 Å². The van der Waals surface area contributed by atoms with Crippen LogP contribution >= 0.6 is 0 Å². The monoisotopic (exact) mass is 405 g/mol. The van der Waals surface area contributed by atoms with Crippen molar-refractivity contribution in [3.63, 3.8) is 0 Å². The molecule has 0 saturated carbocycles. The molecule has 2 aromatic rings. The first-order valence-corrected chi connectivity index (χ1v) is 9.47. The highest BCUT2D eigenvalue weighted by Crippen LogP contribution is 2.37. The van der Waals surface area contributed by atoms with Gasteiger partial charge in [-0.25, -0.2) is 9.59 Å². The third kappa shape index (κ3) is 3.89. The Morgan fingerprint density at radius 1 is 0.933 bits per heavy atom. The van der Waals surface area contributed by atoms with Gasteiger partial charge in [-0.15, -0.1) is 0 Å². The average Bonchev–Trinajstić information content (AvgIpc) is 3.02. The van der Waals surface area contributed by atoms with Crippen molar-refractivity contribution in [2.45, 2.75) is 19.9 Å². The van der Waals surface area contributed by atoms with Crippen LogP contribution in [0.1, 0.15) is 41.4 Å². The molecule has 0 N–H and O–H groups in total. The molecule has 0 aromatic heterocycles. The molecule has 1 heterocycles. The summed E-state index contributed by atoms with van der Waals surface area (Å²) in [5.41, 5.74) is 3.07. The quantitative estimate of drug-likeness (QED) is 0.557. The molecular formula is C24H23NO5. The zero-order valence-electron chi connectivity index (χ0n) is 17.3. The SMILES string of the molecule is COC(=O)C1=C(C)N([C@H](C)c2ccccc2)C(=O)/C1=C\c1ccc(C(=O)OC)cc1. The maximum Gasteiger partial charge on any atom is 0.340 e. The Hall–Kier alpha value is -3.67. The maximum absolute atomic E-state index is 13.3. The number of rotatable bonds is 5. The molecule has 0 bridgehead atoms. The number of esters is 2. The summed E-state index contributed by atoms with van der Waals surface area (Å²) in [4.78, 5) is 39.1. The lowest BCUT2D eigenvalue weighted by Crippen LogP contribution is -2.28. The summed E-state index contributed by atoms with van der Waals surface area (Å²) >= 11 is 0. The fourth-order valence-electron chi connectivity index (χ4n) is 3.54. The van der Waals surface area contributed by atoms with Gasteiger partial charge in [-0.05, 0) is 43.2 Å². The summed E-state index contributed by atoms with van der Waals surface area (Å²) in [6, 6.07) is 16.0. The number of carbonyl (C=O) groups is 3. The molecule has 1 amide bonds. The van der Waals surface area contributed by atoms with Gasteiger partial charge in [-0.2, -0.15) is 0 Å². The second-order valence-corrected chi connectivity index (χ2v) is 6.89. The van der Waals surface area contributed by atoms with Gasteiger partial charge < -0.3 is 14.4 Å². The zero-order valence-corrected chi connectivity index (χ0v) is 17.3. The normalized spacial score (nSPS) is 16.1. The number of carbonyl (C=O) groups excluding carboxylic acids is 3. The van der Waals surface area contributed by atoms with Crippen LogP contribution in [-0.2, 0) is 19.1 Å². The predicted octanol–water partition coefficient (Wildman–Crippen LogP) is 3.91. The highest BCUT2D eigenvalue weighted by Gasteiger charge is 2.39. The Bertz CT molecular complexity index is 1040. The molecule has 6 heteroatoms. The maximum atomic E-state index is 13.3. The molecular weight excluding hydrogens is 382 g/mol. The molecule has 0 aliphatic carbocycles. The van der Waals surface area contributed by atoms with E-state index in [-0.39, 0.29) is 23.1 Å². The third-order valence-electron chi connectivity index (χ3n) is 5.14. The Kier molecular flexibility index (Phi) is 6.16. The summed E-state index contributed by atoms with van der Waals surface area (Å²) in [7, 11) is 2.60. The van der Waals surface area contributed by atoms with E-state index in [4.69, 9.17) is 9.47 Å². The van der Waals surface area contributed by atoms with Crippen molar-refractivity contribution in [3.05, 3.63) is 88.1 Å². The summed E-state index contributed by atoms with van der Waals surface area (Å²) in [6.45, 7) is 3.66. The van der Waals surface area contributed by atoms with Crippen LogP contribution in [-0.4, -0.2) is 37.0 Å². The Balaban J connectivity index is 2.03. The molecule has 0 fully saturated rings. The summed E-state index contributed by atoms with van der Waals surface area (Å²) in [6.07, 6.45) is 1.64. The standard InChI is InChI=1S/C24H23NO5/c1-15(18-8-6-5-7-9-18)25-16(2)21(24(28)30-4)20(22(25)26)14-17-10-12-19(13-11-17)23(27)29-3/h5-15H,1-4H3/b20-14-/t15-/m1/s1. The van der Waals surface area contributed by atoms with E-state index in [1.165, 1.54) is 14.2 Å². The minimum atomic E-state index is -0.568. The molecule has 1 aliphatic heterocycles. The number of nitrogens with zero attached hydrogens (tertiary/aromatic N) is 1. The topological polar surface area (TPSA) is 72.9 Å². The van der Waals surface area contributed by atoms with E-state index in [1.54, 1.807) is 42.2 Å². The van der Waals surface area contributed by atoms with Crippen molar-refractivity contribution in [1.29, 1.82) is 0 Å². The predicted molar refractivity (Wildman–Crippen MR) is 112 cm³/mol. The first-order chi connectivity index (χ1) is 14.4. The van der Waals surface area contributed by atoms with E-state index in [9.17, 15) is 14.4 Å². The number of hydrogen-bond donors (Lipinski definition) is 0. The van der Waals surface area contributed by atoms with Crippen LogP contribution in [0.3, 0.4) is 0 Å². The molecule has 154 valence electrons. The van der Waals surface area contributed by atoms with Gasteiger partial charge in [0.1, 0.15) is 0 Å². The number of hydrogen-bond acceptors (Lipinski definition) is 5. The lowest BCUT2D eigenvalue weighted by atomic mass is 10.0. The highest BCUT2D eigenvalue weighted by atomic mass is 16.5. The second-order valence-electron chi connectivity index (χ2n) is 6.89. The van der Waals surface area contributed by atoms with Crippen molar-refractivity contribution >= 4 is 23.9 Å². The highest BCUT2D eigenvalue weighted by molar-refractivity contribution is 6.16. The van der Waals surface area contributed by atoms with Crippen LogP contribution < -0.4 is 0 Å². The van der Waals surface area contributed by atoms with E-state index in [0.29, 0.717) is 16.8 Å². The van der Waals surface area contributed by atoms with E-state index < -0.39 is 11.9 Å². The minimum absolute atomic E-state index is 0.238.